The van der Waals surface area contributed by atoms with Crippen molar-refractivity contribution in [3.8, 4) is 0 Å². The lowest BCUT2D eigenvalue weighted by atomic mass is 10.1. The van der Waals surface area contributed by atoms with E-state index in [4.69, 9.17) is 0 Å². The van der Waals surface area contributed by atoms with Crippen LogP contribution < -0.4 is 0 Å². The van der Waals surface area contributed by atoms with Crippen molar-refractivity contribution in [1.82, 2.24) is 10.2 Å². The number of ketones is 1. The first-order valence-electron chi connectivity index (χ1n) is 4.21. The minimum atomic E-state index is 0.0577. The number of hydrogen-bond acceptors (Lipinski definition) is 2. The molecule has 0 amide bonds. The number of carbonyl (C=O) groups is 1. The van der Waals surface area contributed by atoms with Gasteiger partial charge in [-0.05, 0) is 13.3 Å². The number of hydrogen-bond donors (Lipinski definition) is 1. The van der Waals surface area contributed by atoms with Crippen LogP contribution in [-0.4, -0.2) is 16.0 Å². The van der Waals surface area contributed by atoms with Crippen LogP contribution in [0.15, 0.2) is 0 Å². The van der Waals surface area contributed by atoms with Gasteiger partial charge < -0.3 is 0 Å². The second-order valence-corrected chi connectivity index (χ2v) is 2.98. The number of nitrogens with zero attached hydrogens (tertiary/aromatic N) is 1. The Kier molecular flexibility index (Phi) is 2.63. The lowest BCUT2D eigenvalue weighted by Gasteiger charge is -1.93. The van der Waals surface area contributed by atoms with Crippen molar-refractivity contribution in [3.05, 3.63) is 17.0 Å². The molecule has 0 spiro atoms. The summed E-state index contributed by atoms with van der Waals surface area (Å²) < 4.78 is 0. The summed E-state index contributed by atoms with van der Waals surface area (Å²) in [5.74, 6) is 0.0577. The quantitative estimate of drug-likeness (QED) is 0.697. The average molecular weight is 166 g/mol. The number of Topliss-reactive ketones (excluding diaryl/α,β-unsaturated/α-hetero) is 1. The van der Waals surface area contributed by atoms with E-state index in [0.717, 1.165) is 24.1 Å². The maximum Gasteiger partial charge on any atom is 0.177 e. The van der Waals surface area contributed by atoms with Crippen LogP contribution in [0.4, 0.5) is 0 Å². The number of nitrogens with one attached hydrogen (secondary N) is 1. The summed E-state index contributed by atoms with van der Waals surface area (Å²) >= 11 is 0. The zero-order valence-corrected chi connectivity index (χ0v) is 7.77. The molecule has 0 aliphatic rings. The van der Waals surface area contributed by atoms with Crippen LogP contribution in [0.5, 0.6) is 0 Å². The SMILES string of the molecule is CCCc1n[nH]c(C(C)=O)c1C. The molecule has 0 radical (unpaired) electrons. The summed E-state index contributed by atoms with van der Waals surface area (Å²) in [4.78, 5) is 11.0. The molecule has 3 heteroatoms. The minimum Gasteiger partial charge on any atom is -0.293 e. The molecule has 66 valence electrons. The summed E-state index contributed by atoms with van der Waals surface area (Å²) in [7, 11) is 0. The summed E-state index contributed by atoms with van der Waals surface area (Å²) in [6.07, 6.45) is 2.00. The highest BCUT2D eigenvalue weighted by molar-refractivity contribution is 5.93. The van der Waals surface area contributed by atoms with Gasteiger partial charge in [0.05, 0.1) is 5.69 Å². The molecule has 0 saturated heterocycles. The van der Waals surface area contributed by atoms with E-state index in [0.29, 0.717) is 5.69 Å². The number of carbonyl (C=O) groups excluding carboxylic acids is 1. The van der Waals surface area contributed by atoms with Gasteiger partial charge in [0.2, 0.25) is 0 Å². The fourth-order valence-electron chi connectivity index (χ4n) is 1.26. The van der Waals surface area contributed by atoms with Crippen molar-refractivity contribution >= 4 is 5.78 Å². The van der Waals surface area contributed by atoms with Crippen molar-refractivity contribution in [2.45, 2.75) is 33.6 Å². The fourth-order valence-corrected chi connectivity index (χ4v) is 1.26. The van der Waals surface area contributed by atoms with E-state index >= 15 is 0 Å². The minimum absolute atomic E-state index is 0.0577. The largest absolute Gasteiger partial charge is 0.293 e. The molecule has 0 saturated carbocycles. The summed E-state index contributed by atoms with van der Waals surface area (Å²) in [5, 5.41) is 6.84. The molecule has 1 heterocycles. The van der Waals surface area contributed by atoms with E-state index in [1.807, 2.05) is 6.92 Å². The third-order valence-electron chi connectivity index (χ3n) is 1.95. The first-order chi connectivity index (χ1) is 5.66. The van der Waals surface area contributed by atoms with Crippen molar-refractivity contribution in [1.29, 1.82) is 0 Å². The molecule has 3 nitrogen and oxygen atoms in total. The highest BCUT2D eigenvalue weighted by Crippen LogP contribution is 2.11. The van der Waals surface area contributed by atoms with Crippen LogP contribution in [0.2, 0.25) is 0 Å². The molecule has 0 aliphatic heterocycles. The molecule has 1 rings (SSSR count). The number of aromatic amines is 1. The second-order valence-electron chi connectivity index (χ2n) is 2.98. The standard InChI is InChI=1S/C9H14N2O/c1-4-5-8-6(2)9(7(3)12)11-10-8/h4-5H2,1-3H3,(H,10,11). The van der Waals surface area contributed by atoms with Crippen LogP contribution in [0.3, 0.4) is 0 Å². The third-order valence-corrected chi connectivity index (χ3v) is 1.95. The van der Waals surface area contributed by atoms with Gasteiger partial charge in [-0.3, -0.25) is 9.89 Å². The van der Waals surface area contributed by atoms with Crippen LogP contribution in [-0.2, 0) is 6.42 Å². The van der Waals surface area contributed by atoms with Crippen molar-refractivity contribution in [3.63, 3.8) is 0 Å². The Balaban J connectivity index is 2.96. The third kappa shape index (κ3) is 1.55. The Morgan fingerprint density at radius 1 is 1.58 bits per heavy atom. The molecule has 0 aromatic carbocycles. The highest BCUT2D eigenvalue weighted by Gasteiger charge is 2.10. The zero-order valence-electron chi connectivity index (χ0n) is 7.77. The molecule has 1 aromatic heterocycles. The smallest absolute Gasteiger partial charge is 0.177 e. The van der Waals surface area contributed by atoms with Gasteiger partial charge in [-0.25, -0.2) is 0 Å². The predicted molar refractivity (Wildman–Crippen MR) is 47.3 cm³/mol. The Hall–Kier alpha value is -1.12. The molecule has 0 bridgehead atoms. The lowest BCUT2D eigenvalue weighted by molar-refractivity contribution is 0.101. The zero-order chi connectivity index (χ0) is 9.14. The fraction of sp³-hybridized carbons (Fsp3) is 0.556. The van der Waals surface area contributed by atoms with Crippen molar-refractivity contribution in [2.75, 3.05) is 0 Å². The molecule has 12 heavy (non-hydrogen) atoms. The molecular weight excluding hydrogens is 152 g/mol. The van der Waals surface area contributed by atoms with E-state index in [1.165, 1.54) is 0 Å². The maximum atomic E-state index is 11.0. The number of H-pyrrole nitrogens is 1. The molecule has 0 unspecified atom stereocenters. The van der Waals surface area contributed by atoms with Gasteiger partial charge in [0, 0.05) is 12.5 Å². The van der Waals surface area contributed by atoms with Gasteiger partial charge in [-0.2, -0.15) is 5.10 Å². The summed E-state index contributed by atoms with van der Waals surface area (Å²) in [6.45, 7) is 5.59. The van der Waals surface area contributed by atoms with E-state index in [2.05, 4.69) is 17.1 Å². The van der Waals surface area contributed by atoms with Gasteiger partial charge in [-0.15, -0.1) is 0 Å². The molecule has 0 aliphatic carbocycles. The van der Waals surface area contributed by atoms with Crippen LogP contribution >= 0.6 is 0 Å². The van der Waals surface area contributed by atoms with E-state index in [9.17, 15) is 4.79 Å². The van der Waals surface area contributed by atoms with Gasteiger partial charge in [0.1, 0.15) is 5.69 Å². The first-order valence-corrected chi connectivity index (χ1v) is 4.21. The van der Waals surface area contributed by atoms with Crippen LogP contribution in [0.25, 0.3) is 0 Å². The van der Waals surface area contributed by atoms with Crippen molar-refractivity contribution < 1.29 is 4.79 Å². The van der Waals surface area contributed by atoms with Crippen LogP contribution in [0, 0.1) is 6.92 Å². The normalized spacial score (nSPS) is 10.2. The number of aromatic nitrogens is 2. The van der Waals surface area contributed by atoms with E-state index < -0.39 is 0 Å². The molecule has 1 aromatic rings. The molecule has 1 N–H and O–H groups in total. The Bertz CT molecular complexity index is 289. The first kappa shape index (κ1) is 8.97. The number of aryl methyl sites for hydroxylation is 1. The predicted octanol–water partition coefficient (Wildman–Crippen LogP) is 1.87. The van der Waals surface area contributed by atoms with E-state index in [-0.39, 0.29) is 5.78 Å². The van der Waals surface area contributed by atoms with Gasteiger partial charge in [0.25, 0.3) is 0 Å². The summed E-state index contributed by atoms with van der Waals surface area (Å²) in [6, 6.07) is 0. The lowest BCUT2D eigenvalue weighted by Crippen LogP contribution is -1.95. The van der Waals surface area contributed by atoms with Gasteiger partial charge in [-0.1, -0.05) is 13.3 Å². The van der Waals surface area contributed by atoms with Gasteiger partial charge in [0.15, 0.2) is 5.78 Å². The van der Waals surface area contributed by atoms with Crippen molar-refractivity contribution in [2.24, 2.45) is 0 Å². The molecular formula is C9H14N2O. The molecule has 0 fully saturated rings. The number of rotatable bonds is 3. The topological polar surface area (TPSA) is 45.8 Å². The van der Waals surface area contributed by atoms with E-state index in [1.54, 1.807) is 6.92 Å². The molecule has 0 atom stereocenters. The van der Waals surface area contributed by atoms with Crippen LogP contribution in [0.1, 0.15) is 42.0 Å². The highest BCUT2D eigenvalue weighted by atomic mass is 16.1. The second kappa shape index (κ2) is 3.52. The average Bonchev–Trinajstić information content (AvgIpc) is 2.34. The monoisotopic (exact) mass is 166 g/mol. The Morgan fingerprint density at radius 2 is 2.25 bits per heavy atom. The maximum absolute atomic E-state index is 11.0. The van der Waals surface area contributed by atoms with Gasteiger partial charge >= 0.3 is 0 Å². The summed E-state index contributed by atoms with van der Waals surface area (Å²) in [5.41, 5.74) is 2.67. The Labute approximate surface area is 72.2 Å². The Morgan fingerprint density at radius 3 is 2.67 bits per heavy atom.